The summed E-state index contributed by atoms with van der Waals surface area (Å²) in [6.45, 7) is 0.405. The lowest BCUT2D eigenvalue weighted by atomic mass is 10.2. The molecule has 0 bridgehead atoms. The summed E-state index contributed by atoms with van der Waals surface area (Å²) in [5.41, 5.74) is 1.02. The van der Waals surface area contributed by atoms with Crippen molar-refractivity contribution in [2.75, 3.05) is 0 Å². The third kappa shape index (κ3) is 3.30. The highest BCUT2D eigenvalue weighted by Crippen LogP contribution is 2.23. The zero-order valence-electron chi connectivity index (χ0n) is 8.79. The molecule has 0 heterocycles. The molecule has 0 atom stereocenters. The van der Waals surface area contributed by atoms with Gasteiger partial charge in [0.05, 0.1) is 4.47 Å². The lowest BCUT2D eigenvalue weighted by Crippen LogP contribution is -1.96. The minimum Gasteiger partial charge on any atom is -0.489 e. The molecule has 0 aliphatic rings. The van der Waals surface area contributed by atoms with Crippen LogP contribution in [0.5, 0.6) is 5.75 Å². The van der Waals surface area contributed by atoms with Crippen molar-refractivity contribution >= 4 is 31.9 Å². The van der Waals surface area contributed by atoms with E-state index >= 15 is 0 Å². The fourth-order valence-electron chi connectivity index (χ4n) is 1.34. The van der Waals surface area contributed by atoms with E-state index in [4.69, 9.17) is 4.74 Å². The molecule has 0 aliphatic heterocycles. The topological polar surface area (TPSA) is 9.23 Å². The fourth-order valence-corrected chi connectivity index (χ4v) is 1.99. The molecular formula is C13H9Br2FO. The lowest BCUT2D eigenvalue weighted by Gasteiger charge is -2.08. The highest BCUT2D eigenvalue weighted by molar-refractivity contribution is 9.10. The molecule has 0 unspecified atom stereocenters. The van der Waals surface area contributed by atoms with Gasteiger partial charge >= 0.3 is 0 Å². The van der Waals surface area contributed by atoms with E-state index in [9.17, 15) is 4.39 Å². The average Bonchev–Trinajstić information content (AvgIpc) is 2.32. The molecule has 0 amide bonds. The van der Waals surface area contributed by atoms with Gasteiger partial charge in [-0.05, 0) is 34.1 Å². The Bertz CT molecular complexity index is 529. The van der Waals surface area contributed by atoms with Gasteiger partial charge in [-0.15, -0.1) is 0 Å². The minimum atomic E-state index is -0.324. The van der Waals surface area contributed by atoms with Gasteiger partial charge in [-0.2, -0.15) is 0 Å². The van der Waals surface area contributed by atoms with Gasteiger partial charge in [-0.3, -0.25) is 0 Å². The van der Waals surface area contributed by atoms with Gasteiger partial charge in [0.15, 0.2) is 0 Å². The Kier molecular flexibility index (Phi) is 4.18. The molecule has 0 radical (unpaired) electrons. The molecule has 0 saturated carbocycles. The molecule has 2 rings (SSSR count). The second kappa shape index (κ2) is 5.65. The number of benzene rings is 2. The zero-order valence-corrected chi connectivity index (χ0v) is 12.0. The van der Waals surface area contributed by atoms with Crippen molar-refractivity contribution in [3.8, 4) is 5.75 Å². The van der Waals surface area contributed by atoms with E-state index < -0.39 is 0 Å². The van der Waals surface area contributed by atoms with Gasteiger partial charge in [0.2, 0.25) is 0 Å². The molecule has 0 aromatic heterocycles. The molecule has 0 aliphatic carbocycles. The number of ether oxygens (including phenoxy) is 1. The van der Waals surface area contributed by atoms with Crippen molar-refractivity contribution in [2.24, 2.45) is 0 Å². The first-order chi connectivity index (χ1) is 8.16. The SMILES string of the molecule is Fc1cc(OCc2ccccc2Br)ccc1Br. The maximum Gasteiger partial charge on any atom is 0.141 e. The van der Waals surface area contributed by atoms with Crippen molar-refractivity contribution in [2.45, 2.75) is 6.61 Å². The van der Waals surface area contributed by atoms with Gasteiger partial charge in [0, 0.05) is 16.1 Å². The number of halogens is 3. The second-order valence-corrected chi connectivity index (χ2v) is 5.16. The summed E-state index contributed by atoms with van der Waals surface area (Å²) >= 11 is 6.53. The Hall–Kier alpha value is -0.870. The van der Waals surface area contributed by atoms with Crippen LogP contribution in [-0.2, 0) is 6.61 Å². The standard InChI is InChI=1S/C13H9Br2FO/c14-11-4-2-1-3-9(11)8-17-10-5-6-12(15)13(16)7-10/h1-7H,8H2. The van der Waals surface area contributed by atoms with Crippen LogP contribution in [0.15, 0.2) is 51.4 Å². The van der Waals surface area contributed by atoms with Crippen LogP contribution in [0.25, 0.3) is 0 Å². The first kappa shape index (κ1) is 12.6. The minimum absolute atomic E-state index is 0.324. The maximum absolute atomic E-state index is 13.2. The summed E-state index contributed by atoms with van der Waals surface area (Å²) in [4.78, 5) is 0. The summed E-state index contributed by atoms with van der Waals surface area (Å²) in [7, 11) is 0. The first-order valence-corrected chi connectivity index (χ1v) is 6.56. The smallest absolute Gasteiger partial charge is 0.141 e. The van der Waals surface area contributed by atoms with E-state index in [0.717, 1.165) is 10.0 Å². The molecule has 17 heavy (non-hydrogen) atoms. The van der Waals surface area contributed by atoms with Crippen LogP contribution >= 0.6 is 31.9 Å². The average molecular weight is 360 g/mol. The van der Waals surface area contributed by atoms with E-state index in [-0.39, 0.29) is 5.82 Å². The maximum atomic E-state index is 13.2. The van der Waals surface area contributed by atoms with E-state index in [1.54, 1.807) is 12.1 Å². The molecule has 1 nitrogen and oxygen atoms in total. The molecule has 2 aromatic carbocycles. The van der Waals surface area contributed by atoms with E-state index in [1.165, 1.54) is 6.07 Å². The quantitative estimate of drug-likeness (QED) is 0.754. The normalized spacial score (nSPS) is 10.3. The number of hydrogen-bond donors (Lipinski definition) is 0. The summed E-state index contributed by atoms with van der Waals surface area (Å²) < 4.78 is 20.2. The molecule has 0 N–H and O–H groups in total. The number of rotatable bonds is 3. The Labute approximate surface area is 116 Å². The second-order valence-electron chi connectivity index (χ2n) is 3.46. The first-order valence-electron chi connectivity index (χ1n) is 4.98. The Morgan fingerprint density at radius 2 is 1.76 bits per heavy atom. The zero-order chi connectivity index (χ0) is 12.3. The van der Waals surface area contributed by atoms with Crippen LogP contribution in [0, 0.1) is 5.82 Å². The largest absolute Gasteiger partial charge is 0.489 e. The van der Waals surface area contributed by atoms with Gasteiger partial charge in [-0.1, -0.05) is 34.1 Å². The highest BCUT2D eigenvalue weighted by atomic mass is 79.9. The van der Waals surface area contributed by atoms with E-state index in [1.807, 2.05) is 24.3 Å². The Balaban J connectivity index is 2.08. The molecule has 0 spiro atoms. The summed E-state index contributed by atoms with van der Waals surface area (Å²) in [6, 6.07) is 12.5. The van der Waals surface area contributed by atoms with Crippen molar-refractivity contribution in [3.05, 3.63) is 62.8 Å². The molecule has 4 heteroatoms. The predicted molar refractivity (Wildman–Crippen MR) is 72.6 cm³/mol. The number of hydrogen-bond acceptors (Lipinski definition) is 1. The van der Waals surface area contributed by atoms with Gasteiger partial charge in [0.1, 0.15) is 18.2 Å². The van der Waals surface area contributed by atoms with Gasteiger partial charge < -0.3 is 4.74 Å². The van der Waals surface area contributed by atoms with E-state index in [2.05, 4.69) is 31.9 Å². The highest BCUT2D eigenvalue weighted by Gasteiger charge is 2.03. The monoisotopic (exact) mass is 358 g/mol. The lowest BCUT2D eigenvalue weighted by molar-refractivity contribution is 0.303. The van der Waals surface area contributed by atoms with Crippen molar-refractivity contribution in [1.82, 2.24) is 0 Å². The summed E-state index contributed by atoms with van der Waals surface area (Å²) in [5.74, 6) is 0.191. The van der Waals surface area contributed by atoms with Crippen LogP contribution in [-0.4, -0.2) is 0 Å². The van der Waals surface area contributed by atoms with Crippen LogP contribution in [0.1, 0.15) is 5.56 Å². The van der Waals surface area contributed by atoms with Crippen LogP contribution < -0.4 is 4.74 Å². The molecule has 0 saturated heterocycles. The molecule has 2 aromatic rings. The third-order valence-electron chi connectivity index (χ3n) is 2.24. The Morgan fingerprint density at radius 3 is 2.47 bits per heavy atom. The Morgan fingerprint density at radius 1 is 1.00 bits per heavy atom. The summed E-state index contributed by atoms with van der Waals surface area (Å²) in [5, 5.41) is 0. The summed E-state index contributed by atoms with van der Waals surface area (Å²) in [6.07, 6.45) is 0. The van der Waals surface area contributed by atoms with Gasteiger partial charge in [0.25, 0.3) is 0 Å². The third-order valence-corrected chi connectivity index (χ3v) is 3.66. The van der Waals surface area contributed by atoms with Crippen molar-refractivity contribution in [1.29, 1.82) is 0 Å². The predicted octanol–water partition coefficient (Wildman–Crippen LogP) is 4.93. The molecule has 0 fully saturated rings. The van der Waals surface area contributed by atoms with Crippen molar-refractivity contribution < 1.29 is 9.13 Å². The fraction of sp³-hybridized carbons (Fsp3) is 0.0769. The van der Waals surface area contributed by atoms with Crippen LogP contribution in [0.3, 0.4) is 0 Å². The molecular weight excluding hydrogens is 351 g/mol. The molecule has 88 valence electrons. The van der Waals surface area contributed by atoms with Crippen LogP contribution in [0.2, 0.25) is 0 Å². The van der Waals surface area contributed by atoms with Crippen LogP contribution in [0.4, 0.5) is 4.39 Å². The van der Waals surface area contributed by atoms with Crippen molar-refractivity contribution in [3.63, 3.8) is 0 Å². The van der Waals surface area contributed by atoms with E-state index in [0.29, 0.717) is 16.8 Å². The van der Waals surface area contributed by atoms with Gasteiger partial charge in [-0.25, -0.2) is 4.39 Å².